The molecule has 1 unspecified atom stereocenters. The number of nitrogens with one attached hydrogen (secondary N) is 3. The lowest BCUT2D eigenvalue weighted by Gasteiger charge is -2.33. The Hall–Kier alpha value is -2.34. The minimum absolute atomic E-state index is 0.0681. The number of hydrogen-bond acceptors (Lipinski definition) is 7. The van der Waals surface area contributed by atoms with Gasteiger partial charge in [-0.15, -0.1) is 0 Å². The fraction of sp³-hybridized carbons (Fsp3) is 0.357. The first-order valence-corrected chi connectivity index (χ1v) is 15.5. The van der Waals surface area contributed by atoms with E-state index in [9.17, 15) is 23.1 Å². The van der Waals surface area contributed by atoms with E-state index in [0.29, 0.717) is 41.2 Å². The van der Waals surface area contributed by atoms with Crippen molar-refractivity contribution in [3.05, 3.63) is 88.5 Å². The van der Waals surface area contributed by atoms with Crippen LogP contribution in [-0.2, 0) is 26.0 Å². The average molecular weight is 627 g/mol. The smallest absolute Gasteiger partial charge is 0.262 e. The van der Waals surface area contributed by atoms with E-state index in [1.165, 1.54) is 6.92 Å². The number of rotatable bonds is 13. The first-order valence-electron chi connectivity index (χ1n) is 12.7. The second kappa shape index (κ2) is 14.5. The molecule has 2 amide bonds. The highest BCUT2D eigenvalue weighted by Crippen LogP contribution is 2.45. The van der Waals surface area contributed by atoms with Gasteiger partial charge in [0, 0.05) is 42.7 Å². The Morgan fingerprint density at radius 2 is 1.85 bits per heavy atom. The van der Waals surface area contributed by atoms with E-state index in [0.717, 1.165) is 5.56 Å². The summed E-state index contributed by atoms with van der Waals surface area (Å²) in [4.78, 5) is 24.4. The highest BCUT2D eigenvalue weighted by atomic mass is 35.5. The van der Waals surface area contributed by atoms with Crippen LogP contribution >= 0.6 is 35.8 Å². The molecule has 0 saturated heterocycles. The van der Waals surface area contributed by atoms with E-state index in [2.05, 4.69) is 23.3 Å². The summed E-state index contributed by atoms with van der Waals surface area (Å²) in [6.07, 6.45) is 2.64. The van der Waals surface area contributed by atoms with Gasteiger partial charge in [-0.3, -0.25) is 9.59 Å². The SMILES string of the molecule is C[C@H](O)C(=O)NS(=O)(=O)C1(Cl)CC(CNCCC(=O)NC[C@H](S)Cc2cccc(Cl)c2)=CC=C1c1ccccc1. The molecule has 12 heteroatoms. The Bertz CT molecular complexity index is 1370. The molecule has 1 aliphatic carbocycles. The highest BCUT2D eigenvalue weighted by molar-refractivity contribution is 7.93. The second-order valence-corrected chi connectivity index (χ2v) is 13.5. The summed E-state index contributed by atoms with van der Waals surface area (Å²) in [5, 5.41) is 16.1. The predicted octanol–water partition coefficient (Wildman–Crippen LogP) is 3.45. The van der Waals surface area contributed by atoms with Gasteiger partial charge < -0.3 is 15.7 Å². The summed E-state index contributed by atoms with van der Waals surface area (Å²) in [6, 6.07) is 16.3. The first-order chi connectivity index (χ1) is 18.9. The molecular formula is C28H33Cl2N3O5S2. The molecule has 40 heavy (non-hydrogen) atoms. The first kappa shape index (κ1) is 32.2. The number of benzene rings is 2. The van der Waals surface area contributed by atoms with E-state index >= 15 is 0 Å². The molecule has 0 saturated carbocycles. The van der Waals surface area contributed by atoms with Crippen LogP contribution in [-0.4, -0.2) is 60.5 Å². The number of amides is 2. The van der Waals surface area contributed by atoms with Crippen molar-refractivity contribution < 1.29 is 23.1 Å². The molecule has 3 rings (SSSR count). The number of aliphatic hydroxyl groups excluding tert-OH is 1. The zero-order valence-corrected chi connectivity index (χ0v) is 25.2. The largest absolute Gasteiger partial charge is 0.384 e. The Balaban J connectivity index is 1.56. The molecule has 216 valence electrons. The lowest BCUT2D eigenvalue weighted by atomic mass is 9.92. The summed E-state index contributed by atoms with van der Waals surface area (Å²) in [6.45, 7) is 2.20. The van der Waals surface area contributed by atoms with E-state index in [1.54, 1.807) is 48.6 Å². The van der Waals surface area contributed by atoms with Crippen LogP contribution in [0.1, 0.15) is 30.9 Å². The molecular weight excluding hydrogens is 593 g/mol. The molecule has 2 aromatic rings. The van der Waals surface area contributed by atoms with Gasteiger partial charge in [0.25, 0.3) is 15.9 Å². The van der Waals surface area contributed by atoms with E-state index in [4.69, 9.17) is 23.2 Å². The van der Waals surface area contributed by atoms with Crippen LogP contribution < -0.4 is 15.4 Å². The van der Waals surface area contributed by atoms with Crippen LogP contribution in [0.3, 0.4) is 0 Å². The van der Waals surface area contributed by atoms with Gasteiger partial charge in [0.2, 0.25) is 5.91 Å². The minimum Gasteiger partial charge on any atom is -0.384 e. The van der Waals surface area contributed by atoms with Gasteiger partial charge in [-0.2, -0.15) is 12.6 Å². The van der Waals surface area contributed by atoms with Crippen molar-refractivity contribution in [2.75, 3.05) is 19.6 Å². The van der Waals surface area contributed by atoms with Gasteiger partial charge in [-0.1, -0.05) is 83.4 Å². The molecule has 0 aliphatic heterocycles. The van der Waals surface area contributed by atoms with Crippen molar-refractivity contribution in [1.29, 1.82) is 0 Å². The second-order valence-electron chi connectivity index (χ2n) is 9.54. The lowest BCUT2D eigenvalue weighted by Crippen LogP contribution is -2.49. The van der Waals surface area contributed by atoms with Crippen LogP contribution in [0, 0.1) is 0 Å². The van der Waals surface area contributed by atoms with Crippen molar-refractivity contribution in [2.45, 2.75) is 41.7 Å². The van der Waals surface area contributed by atoms with Crippen LogP contribution in [0.5, 0.6) is 0 Å². The van der Waals surface area contributed by atoms with Gasteiger partial charge in [-0.25, -0.2) is 13.1 Å². The van der Waals surface area contributed by atoms with Gasteiger partial charge in [-0.05, 0) is 42.2 Å². The summed E-state index contributed by atoms with van der Waals surface area (Å²) in [5.41, 5.74) is 2.60. The predicted molar refractivity (Wildman–Crippen MR) is 163 cm³/mol. The Labute approximate surface area is 250 Å². The number of alkyl halides is 1. The number of allylic oxidation sites excluding steroid dienone is 2. The topological polar surface area (TPSA) is 125 Å². The maximum Gasteiger partial charge on any atom is 0.262 e. The number of hydrogen-bond donors (Lipinski definition) is 5. The highest BCUT2D eigenvalue weighted by Gasteiger charge is 2.48. The molecule has 0 fully saturated rings. The summed E-state index contributed by atoms with van der Waals surface area (Å²) in [7, 11) is -4.45. The number of aliphatic hydroxyl groups is 1. The van der Waals surface area contributed by atoms with Crippen molar-refractivity contribution >= 4 is 63.2 Å². The molecule has 0 radical (unpaired) electrons. The van der Waals surface area contributed by atoms with E-state index in [-0.39, 0.29) is 30.5 Å². The number of sulfonamides is 1. The summed E-state index contributed by atoms with van der Waals surface area (Å²) in [5.74, 6) is -1.21. The maximum absolute atomic E-state index is 13.3. The van der Waals surface area contributed by atoms with E-state index < -0.39 is 26.2 Å². The molecule has 0 aromatic heterocycles. The fourth-order valence-corrected chi connectivity index (χ4v) is 6.56. The molecule has 4 N–H and O–H groups in total. The van der Waals surface area contributed by atoms with Crippen molar-refractivity contribution in [1.82, 2.24) is 15.4 Å². The minimum atomic E-state index is -4.45. The van der Waals surface area contributed by atoms with Gasteiger partial charge >= 0.3 is 0 Å². The monoisotopic (exact) mass is 625 g/mol. The summed E-state index contributed by atoms with van der Waals surface area (Å²) < 4.78 is 26.5. The third-order valence-corrected chi connectivity index (χ3v) is 9.48. The number of carbonyl (C=O) groups excluding carboxylic acids is 2. The van der Waals surface area contributed by atoms with Gasteiger partial charge in [0.05, 0.1) is 0 Å². The normalized spacial score (nSPS) is 18.7. The molecule has 8 nitrogen and oxygen atoms in total. The molecule has 2 aromatic carbocycles. The van der Waals surface area contributed by atoms with Gasteiger partial charge in [0.1, 0.15) is 6.10 Å². The van der Waals surface area contributed by atoms with Crippen molar-refractivity contribution in [2.24, 2.45) is 0 Å². The Kier molecular flexibility index (Phi) is 11.7. The van der Waals surface area contributed by atoms with Gasteiger partial charge in [0.15, 0.2) is 4.21 Å². The van der Waals surface area contributed by atoms with Crippen LogP contribution in [0.4, 0.5) is 0 Å². The summed E-state index contributed by atoms with van der Waals surface area (Å²) >= 11 is 17.4. The maximum atomic E-state index is 13.3. The quantitative estimate of drug-likeness (QED) is 0.132. The molecule has 0 heterocycles. The zero-order valence-electron chi connectivity index (χ0n) is 21.9. The van der Waals surface area contributed by atoms with Crippen molar-refractivity contribution in [3.63, 3.8) is 0 Å². The number of halogens is 2. The lowest BCUT2D eigenvalue weighted by molar-refractivity contribution is -0.126. The Morgan fingerprint density at radius 3 is 2.52 bits per heavy atom. The number of carbonyl (C=O) groups is 2. The standard InChI is InChI=1S/C28H33Cl2N3O5S2/c1-19(34)27(36)33-40(37,38)28(30)16-21(10-11-25(28)22-7-3-2-4-8-22)17-31-13-12-26(35)32-18-24(39)15-20-6-5-9-23(29)14-20/h2-11,14,19,24,31,34,39H,12-13,15-18H2,1H3,(H,32,35)(H,33,36)/t19-,24+,28?/m0/s1. The molecule has 3 atom stereocenters. The molecule has 0 bridgehead atoms. The van der Waals surface area contributed by atoms with Crippen LogP contribution in [0.25, 0.3) is 5.57 Å². The molecule has 0 spiro atoms. The Morgan fingerprint density at radius 1 is 1.12 bits per heavy atom. The average Bonchev–Trinajstić information content (AvgIpc) is 2.90. The van der Waals surface area contributed by atoms with Crippen LogP contribution in [0.2, 0.25) is 5.02 Å². The fourth-order valence-electron chi connectivity index (χ4n) is 4.14. The van der Waals surface area contributed by atoms with Crippen LogP contribution in [0.15, 0.2) is 72.3 Å². The third-order valence-electron chi connectivity index (χ3n) is 6.24. The third kappa shape index (κ3) is 8.83. The number of thiol groups is 1. The van der Waals surface area contributed by atoms with E-state index in [1.807, 2.05) is 22.9 Å². The van der Waals surface area contributed by atoms with Crippen molar-refractivity contribution in [3.8, 4) is 0 Å². The zero-order chi connectivity index (χ0) is 29.3. The molecule has 1 aliphatic rings.